The minimum atomic E-state index is -0.250. The molecule has 1 amide bonds. The van der Waals surface area contributed by atoms with Crippen LogP contribution in [0.25, 0.3) is 0 Å². The number of thiocarbonyl (C=S) groups is 1. The highest BCUT2D eigenvalue weighted by atomic mass is 32.1. The molecule has 0 aliphatic carbocycles. The summed E-state index contributed by atoms with van der Waals surface area (Å²) in [5.41, 5.74) is 2.61. The molecular weight excluding hydrogens is 358 g/mol. The Bertz CT molecular complexity index is 769. The highest BCUT2D eigenvalue weighted by Gasteiger charge is 2.11. The summed E-state index contributed by atoms with van der Waals surface area (Å²) < 4.78 is 5.38. The molecule has 0 spiro atoms. The van der Waals surface area contributed by atoms with Crippen molar-refractivity contribution in [3.63, 3.8) is 0 Å². The van der Waals surface area contributed by atoms with Gasteiger partial charge in [-0.25, -0.2) is 0 Å². The van der Waals surface area contributed by atoms with Crippen molar-refractivity contribution in [1.29, 1.82) is 0 Å². The van der Waals surface area contributed by atoms with Crippen LogP contribution in [0, 0.1) is 0 Å². The molecule has 0 radical (unpaired) electrons. The molecule has 1 saturated heterocycles. The molecule has 2 aromatic rings. The topological polar surface area (TPSA) is 53.6 Å². The number of ether oxygens (including phenoxy) is 1. The SMILES string of the molecule is CCOc1ccc(C(=O)NC(=S)Nc2ccc(N3CCCCC3)cc2)cc1. The summed E-state index contributed by atoms with van der Waals surface area (Å²) >= 11 is 5.26. The zero-order valence-electron chi connectivity index (χ0n) is 15.5. The number of nitrogens with zero attached hydrogens (tertiary/aromatic N) is 1. The lowest BCUT2D eigenvalue weighted by Gasteiger charge is -2.28. The summed E-state index contributed by atoms with van der Waals surface area (Å²) in [5, 5.41) is 6.04. The molecule has 1 fully saturated rings. The number of hydrogen-bond acceptors (Lipinski definition) is 4. The maximum Gasteiger partial charge on any atom is 0.257 e. The quantitative estimate of drug-likeness (QED) is 0.758. The first-order valence-electron chi connectivity index (χ1n) is 9.36. The van der Waals surface area contributed by atoms with Gasteiger partial charge in [0, 0.05) is 30.0 Å². The maximum absolute atomic E-state index is 12.3. The van der Waals surface area contributed by atoms with Crippen LogP contribution in [-0.2, 0) is 0 Å². The van der Waals surface area contributed by atoms with Gasteiger partial charge in [0.05, 0.1) is 6.61 Å². The molecular formula is C21H25N3O2S. The predicted octanol–water partition coefficient (Wildman–Crippen LogP) is 4.20. The summed E-state index contributed by atoms with van der Waals surface area (Å²) in [6.07, 6.45) is 3.82. The molecule has 6 heteroatoms. The lowest BCUT2D eigenvalue weighted by atomic mass is 10.1. The molecule has 0 aromatic heterocycles. The number of amides is 1. The van der Waals surface area contributed by atoms with Gasteiger partial charge in [-0.05, 0) is 86.9 Å². The van der Waals surface area contributed by atoms with Crippen LogP contribution in [0.1, 0.15) is 36.5 Å². The van der Waals surface area contributed by atoms with Gasteiger partial charge >= 0.3 is 0 Å². The summed E-state index contributed by atoms with van der Waals surface area (Å²) in [4.78, 5) is 14.7. The highest BCUT2D eigenvalue weighted by Crippen LogP contribution is 2.21. The number of carbonyl (C=O) groups is 1. The average Bonchev–Trinajstić information content (AvgIpc) is 2.70. The molecule has 1 aliphatic rings. The molecule has 2 N–H and O–H groups in total. The van der Waals surface area contributed by atoms with Gasteiger partial charge in [0.2, 0.25) is 0 Å². The van der Waals surface area contributed by atoms with E-state index >= 15 is 0 Å². The number of carbonyl (C=O) groups excluding carboxylic acids is 1. The second-order valence-corrected chi connectivity index (χ2v) is 6.87. The van der Waals surface area contributed by atoms with Gasteiger partial charge in [-0.2, -0.15) is 0 Å². The zero-order valence-corrected chi connectivity index (χ0v) is 16.3. The van der Waals surface area contributed by atoms with Crippen molar-refractivity contribution in [1.82, 2.24) is 5.32 Å². The van der Waals surface area contributed by atoms with E-state index in [1.807, 2.05) is 19.1 Å². The third-order valence-electron chi connectivity index (χ3n) is 4.50. The Balaban J connectivity index is 1.53. The molecule has 3 rings (SSSR count). The number of rotatable bonds is 5. The van der Waals surface area contributed by atoms with Crippen LogP contribution in [0.4, 0.5) is 11.4 Å². The van der Waals surface area contributed by atoms with Crippen molar-refractivity contribution in [2.24, 2.45) is 0 Å². The lowest BCUT2D eigenvalue weighted by Crippen LogP contribution is -2.34. The molecule has 0 atom stereocenters. The van der Waals surface area contributed by atoms with Crippen molar-refractivity contribution in [2.45, 2.75) is 26.2 Å². The second-order valence-electron chi connectivity index (χ2n) is 6.46. The standard InChI is InChI=1S/C21H25N3O2S/c1-2-26-19-12-6-16(7-13-19)20(25)23-21(27)22-17-8-10-18(11-9-17)24-14-4-3-5-15-24/h6-13H,2-5,14-15H2,1H3,(H2,22,23,25,27). The van der Waals surface area contributed by atoms with Crippen LogP contribution in [-0.4, -0.2) is 30.7 Å². The lowest BCUT2D eigenvalue weighted by molar-refractivity contribution is 0.0977. The monoisotopic (exact) mass is 383 g/mol. The van der Waals surface area contributed by atoms with E-state index in [-0.39, 0.29) is 11.0 Å². The van der Waals surface area contributed by atoms with Crippen LogP contribution in [0.2, 0.25) is 0 Å². The first kappa shape index (κ1) is 19.2. The Labute approximate surface area is 165 Å². The first-order valence-corrected chi connectivity index (χ1v) is 9.77. The van der Waals surface area contributed by atoms with Crippen molar-refractivity contribution in [3.05, 3.63) is 54.1 Å². The van der Waals surface area contributed by atoms with Crippen molar-refractivity contribution in [3.8, 4) is 5.75 Å². The van der Waals surface area contributed by atoms with Gasteiger partial charge in [-0.15, -0.1) is 0 Å². The second kappa shape index (κ2) is 9.37. The number of anilines is 2. The molecule has 2 aromatic carbocycles. The molecule has 0 unspecified atom stereocenters. The van der Waals surface area contributed by atoms with Gasteiger partial charge in [0.1, 0.15) is 5.75 Å². The summed E-state index contributed by atoms with van der Waals surface area (Å²) in [5.74, 6) is 0.490. The largest absolute Gasteiger partial charge is 0.494 e. The molecule has 1 heterocycles. The Morgan fingerprint density at radius 3 is 2.33 bits per heavy atom. The fraction of sp³-hybridized carbons (Fsp3) is 0.333. The van der Waals surface area contributed by atoms with Crippen LogP contribution < -0.4 is 20.3 Å². The highest BCUT2D eigenvalue weighted by molar-refractivity contribution is 7.80. The van der Waals surface area contributed by atoms with Crippen molar-refractivity contribution < 1.29 is 9.53 Å². The van der Waals surface area contributed by atoms with Crippen molar-refractivity contribution >= 4 is 34.6 Å². The predicted molar refractivity (Wildman–Crippen MR) is 114 cm³/mol. The van der Waals surface area contributed by atoms with Crippen LogP contribution in [0.5, 0.6) is 5.75 Å². The normalized spacial score (nSPS) is 13.7. The molecule has 5 nitrogen and oxygen atoms in total. The van der Waals surface area contributed by atoms with E-state index in [9.17, 15) is 4.79 Å². The molecule has 142 valence electrons. The van der Waals surface area contributed by atoms with Gasteiger partial charge in [-0.3, -0.25) is 10.1 Å². The third-order valence-corrected chi connectivity index (χ3v) is 4.71. The zero-order chi connectivity index (χ0) is 19.1. The van der Waals surface area contributed by atoms with Crippen LogP contribution in [0.3, 0.4) is 0 Å². The Morgan fingerprint density at radius 1 is 1.04 bits per heavy atom. The van der Waals surface area contributed by atoms with Crippen LogP contribution in [0.15, 0.2) is 48.5 Å². The Kier molecular flexibility index (Phi) is 6.65. The van der Waals surface area contributed by atoms with Gasteiger partial charge in [-0.1, -0.05) is 0 Å². The molecule has 0 bridgehead atoms. The molecule has 0 saturated carbocycles. The number of hydrogen-bond donors (Lipinski definition) is 2. The van der Waals surface area contributed by atoms with Crippen molar-refractivity contribution in [2.75, 3.05) is 29.9 Å². The number of piperidine rings is 1. The Morgan fingerprint density at radius 2 is 1.70 bits per heavy atom. The van der Waals surface area contributed by atoms with Gasteiger partial charge < -0.3 is 15.0 Å². The summed E-state index contributed by atoms with van der Waals surface area (Å²) in [7, 11) is 0. The fourth-order valence-electron chi connectivity index (χ4n) is 3.11. The van der Waals surface area contributed by atoms with Gasteiger partial charge in [0.25, 0.3) is 5.91 Å². The van der Waals surface area contributed by atoms with E-state index < -0.39 is 0 Å². The summed E-state index contributed by atoms with van der Waals surface area (Å²) in [6.45, 7) is 4.74. The van der Waals surface area contributed by atoms with Gasteiger partial charge in [0.15, 0.2) is 5.11 Å². The maximum atomic E-state index is 12.3. The molecule has 27 heavy (non-hydrogen) atoms. The number of benzene rings is 2. The first-order chi connectivity index (χ1) is 13.2. The fourth-order valence-corrected chi connectivity index (χ4v) is 3.33. The van der Waals surface area contributed by atoms with E-state index in [0.717, 1.165) is 24.5 Å². The van der Waals surface area contributed by atoms with E-state index in [1.165, 1.54) is 24.9 Å². The third kappa shape index (κ3) is 5.44. The number of nitrogens with one attached hydrogen (secondary N) is 2. The summed E-state index contributed by atoms with van der Waals surface area (Å²) in [6, 6.07) is 15.1. The molecule has 1 aliphatic heterocycles. The smallest absolute Gasteiger partial charge is 0.257 e. The van der Waals surface area contributed by atoms with E-state index in [0.29, 0.717) is 12.2 Å². The van der Waals surface area contributed by atoms with E-state index in [4.69, 9.17) is 17.0 Å². The van der Waals surface area contributed by atoms with Crippen LogP contribution >= 0.6 is 12.2 Å². The minimum absolute atomic E-state index is 0.250. The van der Waals surface area contributed by atoms with E-state index in [1.54, 1.807) is 24.3 Å². The minimum Gasteiger partial charge on any atom is -0.494 e. The Hall–Kier alpha value is -2.60. The van der Waals surface area contributed by atoms with E-state index in [2.05, 4.69) is 27.7 Å². The average molecular weight is 384 g/mol.